The predicted octanol–water partition coefficient (Wildman–Crippen LogP) is 4.93. The average Bonchev–Trinajstić information content (AvgIpc) is 2.97. The van der Waals surface area contributed by atoms with Gasteiger partial charge in [0.15, 0.2) is 0 Å². The summed E-state index contributed by atoms with van der Waals surface area (Å²) < 4.78 is 5.19. The molecule has 0 radical (unpaired) electrons. The Morgan fingerprint density at radius 3 is 2.65 bits per heavy atom. The number of aryl methyl sites for hydroxylation is 1. The first-order valence-corrected chi connectivity index (χ1v) is 7.26. The highest BCUT2D eigenvalue weighted by Crippen LogP contribution is 2.31. The van der Waals surface area contributed by atoms with Crippen molar-refractivity contribution in [2.45, 2.75) is 6.92 Å². The van der Waals surface area contributed by atoms with Crippen LogP contribution < -0.4 is 0 Å². The Bertz CT molecular complexity index is 909. The van der Waals surface area contributed by atoms with Crippen molar-refractivity contribution < 1.29 is 9.45 Å². The zero-order chi connectivity index (χ0) is 16.6. The van der Waals surface area contributed by atoms with Gasteiger partial charge in [-0.1, -0.05) is 34.4 Å². The molecule has 0 fully saturated rings. The summed E-state index contributed by atoms with van der Waals surface area (Å²) in [7, 11) is 0. The summed E-state index contributed by atoms with van der Waals surface area (Å²) in [6.45, 7) is 1.66. The summed E-state index contributed by atoms with van der Waals surface area (Å²) in [6.07, 6.45) is 0. The minimum absolute atomic E-state index is 0.00762. The first-order valence-electron chi connectivity index (χ1n) is 6.50. The third kappa shape index (κ3) is 3.04. The van der Waals surface area contributed by atoms with Gasteiger partial charge in [-0.05, 0) is 31.2 Å². The van der Waals surface area contributed by atoms with Crippen LogP contribution in [0.3, 0.4) is 0 Å². The number of nitro benzene ring substituents is 1. The summed E-state index contributed by atoms with van der Waals surface area (Å²) in [4.78, 5) is 14.8. The number of hydrogen-bond donors (Lipinski definition) is 0. The van der Waals surface area contributed by atoms with E-state index in [0.717, 1.165) is 0 Å². The van der Waals surface area contributed by atoms with Gasteiger partial charge in [0.25, 0.3) is 11.6 Å². The van der Waals surface area contributed by atoms with Crippen LogP contribution in [0, 0.1) is 17.0 Å². The van der Waals surface area contributed by atoms with Gasteiger partial charge in [0.2, 0.25) is 5.82 Å². The largest absolute Gasteiger partial charge is 0.334 e. The highest BCUT2D eigenvalue weighted by Gasteiger charge is 2.17. The Morgan fingerprint density at radius 2 is 1.96 bits per heavy atom. The van der Waals surface area contributed by atoms with Crippen molar-refractivity contribution >= 4 is 28.9 Å². The highest BCUT2D eigenvalue weighted by atomic mass is 35.5. The van der Waals surface area contributed by atoms with E-state index in [4.69, 9.17) is 27.7 Å². The van der Waals surface area contributed by atoms with Crippen LogP contribution in [0.5, 0.6) is 0 Å². The van der Waals surface area contributed by atoms with Crippen LogP contribution in [0.1, 0.15) is 5.56 Å². The van der Waals surface area contributed by atoms with Gasteiger partial charge in [0, 0.05) is 27.8 Å². The molecular formula is C15H9Cl2N3O3. The Hall–Kier alpha value is -2.44. The molecule has 1 aromatic heterocycles. The van der Waals surface area contributed by atoms with Crippen LogP contribution in [-0.4, -0.2) is 15.1 Å². The third-order valence-corrected chi connectivity index (χ3v) is 3.80. The molecule has 0 saturated carbocycles. The van der Waals surface area contributed by atoms with Crippen LogP contribution in [0.25, 0.3) is 22.8 Å². The molecule has 0 bridgehead atoms. The smallest absolute Gasteiger partial charge is 0.273 e. The number of aromatic nitrogens is 2. The van der Waals surface area contributed by atoms with Crippen LogP contribution in [0.2, 0.25) is 10.0 Å². The topological polar surface area (TPSA) is 82.1 Å². The molecule has 0 unspecified atom stereocenters. The van der Waals surface area contributed by atoms with Crippen molar-refractivity contribution in [2.75, 3.05) is 0 Å². The number of benzene rings is 2. The van der Waals surface area contributed by atoms with Gasteiger partial charge in [0.05, 0.1) is 9.95 Å². The van der Waals surface area contributed by atoms with E-state index in [0.29, 0.717) is 26.7 Å². The number of halogens is 2. The Labute approximate surface area is 140 Å². The van der Waals surface area contributed by atoms with E-state index in [2.05, 4.69) is 10.1 Å². The molecule has 116 valence electrons. The van der Waals surface area contributed by atoms with Crippen molar-refractivity contribution in [3.05, 3.63) is 62.1 Å². The fourth-order valence-corrected chi connectivity index (χ4v) is 2.55. The third-order valence-electron chi connectivity index (χ3n) is 3.25. The molecular weight excluding hydrogens is 341 g/mol. The lowest BCUT2D eigenvalue weighted by Crippen LogP contribution is -1.92. The Kier molecular flexibility index (Phi) is 4.02. The molecule has 3 rings (SSSR count). The van der Waals surface area contributed by atoms with Gasteiger partial charge >= 0.3 is 0 Å². The molecule has 2 aromatic carbocycles. The minimum Gasteiger partial charge on any atom is -0.334 e. The highest BCUT2D eigenvalue weighted by molar-refractivity contribution is 6.36. The first-order chi connectivity index (χ1) is 11.0. The molecule has 6 nitrogen and oxygen atoms in total. The lowest BCUT2D eigenvalue weighted by molar-refractivity contribution is -0.385. The molecule has 0 amide bonds. The quantitative estimate of drug-likeness (QED) is 0.494. The second-order valence-electron chi connectivity index (χ2n) is 4.81. The zero-order valence-corrected chi connectivity index (χ0v) is 13.3. The second kappa shape index (κ2) is 5.98. The standard InChI is InChI=1S/C15H9Cl2N3O3/c1-8-2-3-9(6-13(8)20(21)22)15-18-14(19-23-15)11-5-4-10(16)7-12(11)17/h2-7H,1H3. The van der Waals surface area contributed by atoms with Crippen LogP contribution in [0.4, 0.5) is 5.69 Å². The van der Waals surface area contributed by atoms with Gasteiger partial charge < -0.3 is 4.52 Å². The maximum absolute atomic E-state index is 11.0. The zero-order valence-electron chi connectivity index (χ0n) is 11.8. The molecule has 23 heavy (non-hydrogen) atoms. The second-order valence-corrected chi connectivity index (χ2v) is 5.65. The predicted molar refractivity (Wildman–Crippen MR) is 86.6 cm³/mol. The fraction of sp³-hybridized carbons (Fsp3) is 0.0667. The molecule has 0 N–H and O–H groups in total. The fourth-order valence-electron chi connectivity index (χ4n) is 2.06. The minimum atomic E-state index is -0.452. The molecule has 8 heteroatoms. The van der Waals surface area contributed by atoms with E-state index in [1.54, 1.807) is 37.3 Å². The van der Waals surface area contributed by atoms with E-state index in [1.165, 1.54) is 6.07 Å². The van der Waals surface area contributed by atoms with Gasteiger partial charge in [-0.3, -0.25) is 10.1 Å². The molecule has 3 aromatic rings. The summed E-state index contributed by atoms with van der Waals surface area (Å²) in [6, 6.07) is 9.63. The SMILES string of the molecule is Cc1ccc(-c2nc(-c3ccc(Cl)cc3Cl)no2)cc1[N+](=O)[O-]. The number of hydrogen-bond acceptors (Lipinski definition) is 5. The van der Waals surface area contributed by atoms with Gasteiger partial charge in [0.1, 0.15) is 0 Å². The van der Waals surface area contributed by atoms with Crippen molar-refractivity contribution in [1.82, 2.24) is 10.1 Å². The molecule has 0 spiro atoms. The molecule has 0 aliphatic heterocycles. The molecule has 0 atom stereocenters. The summed E-state index contributed by atoms with van der Waals surface area (Å²) in [5.74, 6) is 0.457. The van der Waals surface area contributed by atoms with Crippen molar-refractivity contribution in [2.24, 2.45) is 0 Å². The summed E-state index contributed by atoms with van der Waals surface area (Å²) in [5.41, 5.74) is 1.57. The van der Waals surface area contributed by atoms with E-state index in [1.807, 2.05) is 0 Å². The summed E-state index contributed by atoms with van der Waals surface area (Å²) >= 11 is 12.0. The summed E-state index contributed by atoms with van der Waals surface area (Å²) in [5, 5.41) is 15.8. The van der Waals surface area contributed by atoms with E-state index in [-0.39, 0.29) is 17.4 Å². The number of rotatable bonds is 3. The average molecular weight is 350 g/mol. The monoisotopic (exact) mass is 349 g/mol. The Balaban J connectivity index is 2.02. The van der Waals surface area contributed by atoms with Crippen molar-refractivity contribution in [1.29, 1.82) is 0 Å². The maximum Gasteiger partial charge on any atom is 0.273 e. The van der Waals surface area contributed by atoms with E-state index < -0.39 is 4.92 Å². The van der Waals surface area contributed by atoms with Crippen molar-refractivity contribution in [3.63, 3.8) is 0 Å². The first kappa shape index (κ1) is 15.5. The lowest BCUT2D eigenvalue weighted by Gasteiger charge is -1.99. The molecule has 0 aliphatic carbocycles. The van der Waals surface area contributed by atoms with Crippen LogP contribution >= 0.6 is 23.2 Å². The van der Waals surface area contributed by atoms with Crippen molar-refractivity contribution in [3.8, 4) is 22.8 Å². The molecule has 0 saturated heterocycles. The van der Waals surface area contributed by atoms with E-state index in [9.17, 15) is 10.1 Å². The van der Waals surface area contributed by atoms with Gasteiger partial charge in [-0.25, -0.2) is 0 Å². The van der Waals surface area contributed by atoms with Gasteiger partial charge in [-0.15, -0.1) is 0 Å². The van der Waals surface area contributed by atoms with Crippen LogP contribution in [-0.2, 0) is 0 Å². The number of nitro groups is 1. The molecule has 0 aliphatic rings. The van der Waals surface area contributed by atoms with Gasteiger partial charge in [-0.2, -0.15) is 4.98 Å². The van der Waals surface area contributed by atoms with Crippen LogP contribution in [0.15, 0.2) is 40.9 Å². The Morgan fingerprint density at radius 1 is 1.17 bits per heavy atom. The molecule has 1 heterocycles. The maximum atomic E-state index is 11.0. The normalized spacial score (nSPS) is 10.7. The lowest BCUT2D eigenvalue weighted by atomic mass is 10.1. The van der Waals surface area contributed by atoms with E-state index >= 15 is 0 Å². The number of nitrogens with zero attached hydrogens (tertiary/aromatic N) is 3.